The van der Waals surface area contributed by atoms with Gasteiger partial charge < -0.3 is 10.0 Å². The zero-order valence-corrected chi connectivity index (χ0v) is 11.9. The van der Waals surface area contributed by atoms with Crippen LogP contribution in [0.2, 0.25) is 0 Å². The molecule has 0 aliphatic carbocycles. The van der Waals surface area contributed by atoms with Gasteiger partial charge in [-0.1, -0.05) is 0 Å². The van der Waals surface area contributed by atoms with Crippen molar-refractivity contribution in [3.05, 3.63) is 12.4 Å². The lowest BCUT2D eigenvalue weighted by molar-refractivity contribution is -0.142. The molecule has 3 rings (SSSR count). The summed E-state index contributed by atoms with van der Waals surface area (Å²) in [7, 11) is 0. The second-order valence-corrected chi connectivity index (χ2v) is 5.19. The molecule has 1 saturated heterocycles. The van der Waals surface area contributed by atoms with Crippen LogP contribution in [0.5, 0.6) is 0 Å². The van der Waals surface area contributed by atoms with Crippen LogP contribution in [0.4, 0.5) is 11.6 Å². The summed E-state index contributed by atoms with van der Waals surface area (Å²) in [5, 5.41) is 10.9. The molecule has 0 saturated carbocycles. The first kappa shape index (κ1) is 13.7. The fourth-order valence-electron chi connectivity index (χ4n) is 2.64. The maximum absolute atomic E-state index is 11.0. The zero-order valence-electron chi connectivity index (χ0n) is 11.9. The molecule has 0 amide bonds. The molecule has 0 unspecified atom stereocenters. The highest BCUT2D eigenvalue weighted by molar-refractivity contribution is 5.95. The van der Waals surface area contributed by atoms with Crippen molar-refractivity contribution in [2.45, 2.75) is 19.8 Å². The van der Waals surface area contributed by atoms with E-state index in [2.05, 4.69) is 25.3 Å². The summed E-state index contributed by atoms with van der Waals surface area (Å²) in [4.78, 5) is 25.9. The Balaban J connectivity index is 1.72. The summed E-state index contributed by atoms with van der Waals surface area (Å²) < 4.78 is 0. The number of hydrogen-bond acceptors (Lipinski definition) is 7. The molecule has 21 heavy (non-hydrogen) atoms. The first-order valence-corrected chi connectivity index (χ1v) is 6.99. The van der Waals surface area contributed by atoms with Crippen molar-refractivity contribution in [2.75, 3.05) is 29.7 Å². The molecule has 8 heteroatoms. The van der Waals surface area contributed by atoms with Crippen molar-refractivity contribution < 1.29 is 9.90 Å². The largest absolute Gasteiger partial charge is 0.481 e. The molecule has 2 aliphatic rings. The topological polar surface area (TPSA) is 94.0 Å². The zero-order chi connectivity index (χ0) is 14.8. The normalized spacial score (nSPS) is 19.8. The second kappa shape index (κ2) is 5.65. The van der Waals surface area contributed by atoms with E-state index in [0.29, 0.717) is 32.6 Å². The summed E-state index contributed by atoms with van der Waals surface area (Å²) in [6.07, 6.45) is 2.83. The summed E-state index contributed by atoms with van der Waals surface area (Å²) in [5.41, 5.74) is 3.12. The average molecular weight is 290 g/mol. The molecular weight excluding hydrogens is 272 g/mol. The Morgan fingerprint density at radius 2 is 2.05 bits per heavy atom. The van der Waals surface area contributed by atoms with Crippen molar-refractivity contribution in [3.8, 4) is 0 Å². The van der Waals surface area contributed by atoms with Crippen molar-refractivity contribution in [1.82, 2.24) is 15.4 Å². The third-order valence-electron chi connectivity index (χ3n) is 3.90. The Morgan fingerprint density at radius 1 is 1.33 bits per heavy atom. The molecule has 0 bridgehead atoms. The number of nitrogens with zero attached hydrogens (tertiary/aromatic N) is 5. The minimum absolute atomic E-state index is 0.239. The minimum Gasteiger partial charge on any atom is -0.481 e. The van der Waals surface area contributed by atoms with Gasteiger partial charge in [0.15, 0.2) is 5.82 Å². The highest BCUT2D eigenvalue weighted by atomic mass is 16.4. The number of carbonyl (C=O) groups is 1. The van der Waals surface area contributed by atoms with E-state index in [0.717, 1.165) is 17.5 Å². The minimum atomic E-state index is -0.703. The van der Waals surface area contributed by atoms with E-state index in [1.54, 1.807) is 0 Å². The highest BCUT2D eigenvalue weighted by Gasteiger charge is 2.26. The van der Waals surface area contributed by atoms with Gasteiger partial charge in [-0.2, -0.15) is 0 Å². The maximum Gasteiger partial charge on any atom is 0.306 e. The summed E-state index contributed by atoms with van der Waals surface area (Å²) >= 11 is 0. The van der Waals surface area contributed by atoms with Crippen LogP contribution >= 0.6 is 0 Å². The number of anilines is 2. The van der Waals surface area contributed by atoms with Gasteiger partial charge in [0.2, 0.25) is 0 Å². The molecular formula is C13H18N6O2. The molecule has 3 heterocycles. The Labute approximate surface area is 122 Å². The molecule has 112 valence electrons. The molecule has 2 N–H and O–H groups in total. The molecule has 1 fully saturated rings. The lowest BCUT2D eigenvalue weighted by atomic mass is 9.97. The number of piperidine rings is 1. The van der Waals surface area contributed by atoms with Gasteiger partial charge in [0, 0.05) is 19.2 Å². The van der Waals surface area contributed by atoms with Crippen molar-refractivity contribution in [3.63, 3.8) is 0 Å². The average Bonchev–Trinajstić information content (AvgIpc) is 2.94. The molecule has 8 nitrogen and oxygen atoms in total. The highest BCUT2D eigenvalue weighted by Crippen LogP contribution is 2.24. The third-order valence-corrected chi connectivity index (χ3v) is 3.90. The van der Waals surface area contributed by atoms with E-state index < -0.39 is 5.97 Å². The van der Waals surface area contributed by atoms with Crippen LogP contribution in [0.1, 0.15) is 19.8 Å². The van der Waals surface area contributed by atoms with Crippen molar-refractivity contribution in [2.24, 2.45) is 10.9 Å². The Hall–Kier alpha value is -2.22. The number of aromatic nitrogens is 2. The van der Waals surface area contributed by atoms with Crippen LogP contribution in [0.25, 0.3) is 0 Å². The number of hydrazine groups is 1. The number of rotatable bonds is 3. The first-order valence-electron chi connectivity index (χ1n) is 6.99. The van der Waals surface area contributed by atoms with Gasteiger partial charge >= 0.3 is 5.97 Å². The lowest BCUT2D eigenvalue weighted by Gasteiger charge is -2.31. The van der Waals surface area contributed by atoms with Gasteiger partial charge in [-0.15, -0.1) is 0 Å². The van der Waals surface area contributed by atoms with Crippen LogP contribution < -0.4 is 15.3 Å². The van der Waals surface area contributed by atoms with Crippen molar-refractivity contribution >= 4 is 23.4 Å². The fraction of sp³-hybridized carbons (Fsp3) is 0.538. The third kappa shape index (κ3) is 2.80. The smallest absolute Gasteiger partial charge is 0.306 e. The molecule has 0 spiro atoms. The van der Waals surface area contributed by atoms with E-state index >= 15 is 0 Å². The van der Waals surface area contributed by atoms with Crippen LogP contribution in [-0.4, -0.2) is 46.6 Å². The molecule has 0 atom stereocenters. The van der Waals surface area contributed by atoms with E-state index in [9.17, 15) is 4.79 Å². The molecule has 0 radical (unpaired) electrons. The van der Waals surface area contributed by atoms with E-state index in [1.807, 2.05) is 18.0 Å². The summed E-state index contributed by atoms with van der Waals surface area (Å²) in [5.74, 6) is 1.50. The number of hydrogen-bond donors (Lipinski definition) is 2. The SMILES string of the molecule is CC1=NCNN1c1cc(N2CCC(C(=O)O)CC2)ncn1. The lowest BCUT2D eigenvalue weighted by Crippen LogP contribution is -2.38. The molecule has 2 aliphatic heterocycles. The van der Waals surface area contributed by atoms with Gasteiger partial charge in [0.05, 0.1) is 5.92 Å². The van der Waals surface area contributed by atoms with Crippen molar-refractivity contribution in [1.29, 1.82) is 0 Å². The number of amidine groups is 1. The predicted molar refractivity (Wildman–Crippen MR) is 78.2 cm³/mol. The number of carboxylic acids is 1. The number of aliphatic imine (C=N–C) groups is 1. The van der Waals surface area contributed by atoms with E-state index in [4.69, 9.17) is 5.11 Å². The van der Waals surface area contributed by atoms with E-state index in [-0.39, 0.29) is 5.92 Å². The predicted octanol–water partition coefficient (Wildman–Crippen LogP) is 0.478. The van der Waals surface area contributed by atoms with Gasteiger partial charge in [-0.3, -0.25) is 9.79 Å². The molecule has 1 aromatic heterocycles. The first-order chi connectivity index (χ1) is 10.1. The number of carboxylic acid groups (broad SMARTS) is 1. The van der Waals surface area contributed by atoms with Crippen LogP contribution in [0, 0.1) is 5.92 Å². The number of nitrogens with one attached hydrogen (secondary N) is 1. The van der Waals surface area contributed by atoms with Crippen LogP contribution in [0.3, 0.4) is 0 Å². The second-order valence-electron chi connectivity index (χ2n) is 5.19. The molecule has 1 aromatic rings. The van der Waals surface area contributed by atoms with E-state index in [1.165, 1.54) is 6.33 Å². The van der Waals surface area contributed by atoms with Crippen LogP contribution in [-0.2, 0) is 4.79 Å². The number of aliphatic carboxylic acids is 1. The molecule has 0 aromatic carbocycles. The summed E-state index contributed by atoms with van der Waals surface area (Å²) in [6, 6.07) is 1.90. The monoisotopic (exact) mass is 290 g/mol. The van der Waals surface area contributed by atoms with Gasteiger partial charge in [-0.05, 0) is 19.8 Å². The van der Waals surface area contributed by atoms with Gasteiger partial charge in [-0.25, -0.2) is 20.4 Å². The Kier molecular flexibility index (Phi) is 3.70. The standard InChI is InChI=1S/C13H18N6O2/c1-9-14-8-17-19(9)12-6-11(15-7-16-12)18-4-2-10(3-5-18)13(20)21/h6-7,10,17H,2-5,8H2,1H3,(H,20,21). The Morgan fingerprint density at radius 3 is 2.67 bits per heavy atom. The maximum atomic E-state index is 11.0. The fourth-order valence-corrected chi connectivity index (χ4v) is 2.64. The van der Waals surface area contributed by atoms with Gasteiger partial charge in [0.1, 0.15) is 24.6 Å². The summed E-state index contributed by atoms with van der Waals surface area (Å²) in [6.45, 7) is 3.87. The Bertz CT molecular complexity index is 568. The van der Waals surface area contributed by atoms with Gasteiger partial charge in [0.25, 0.3) is 0 Å². The van der Waals surface area contributed by atoms with Crippen LogP contribution in [0.15, 0.2) is 17.4 Å². The quantitative estimate of drug-likeness (QED) is 0.836.